The molecule has 5 heteroatoms. The first kappa shape index (κ1) is 14.9. The van der Waals surface area contributed by atoms with Crippen LogP contribution in [-0.4, -0.2) is 10.4 Å². The van der Waals surface area contributed by atoms with Crippen LogP contribution in [0.1, 0.15) is 32.6 Å². The molecule has 116 valence electrons. The fraction of sp³-hybridized carbons (Fsp3) is 0.105. The molecule has 0 saturated carbocycles. The first-order chi connectivity index (χ1) is 11.5. The van der Waals surface area contributed by atoms with Crippen molar-refractivity contribution in [3.8, 4) is 6.07 Å². The highest BCUT2D eigenvalue weighted by molar-refractivity contribution is 9.10. The van der Waals surface area contributed by atoms with E-state index >= 15 is 0 Å². The molecule has 1 aromatic heterocycles. The third-order valence-electron chi connectivity index (χ3n) is 4.50. The van der Waals surface area contributed by atoms with Gasteiger partial charge in [0, 0.05) is 46.0 Å². The van der Waals surface area contributed by atoms with Crippen LogP contribution in [0.15, 0.2) is 45.8 Å². The minimum atomic E-state index is -0.388. The van der Waals surface area contributed by atoms with Crippen LogP contribution in [0, 0.1) is 11.3 Å². The van der Waals surface area contributed by atoms with Crippen molar-refractivity contribution in [3.05, 3.63) is 79.2 Å². The molecule has 4 rings (SSSR count). The van der Waals surface area contributed by atoms with Gasteiger partial charge in [0.1, 0.15) is 11.6 Å². The van der Waals surface area contributed by atoms with Crippen molar-refractivity contribution in [2.75, 3.05) is 0 Å². The summed E-state index contributed by atoms with van der Waals surface area (Å²) in [6, 6.07) is 11.3. The molecular formula is C19H11BrN2O2. The van der Waals surface area contributed by atoms with Gasteiger partial charge in [-0.05, 0) is 17.2 Å². The first-order valence-electron chi connectivity index (χ1n) is 7.40. The molecular weight excluding hydrogens is 368 g/mol. The van der Waals surface area contributed by atoms with E-state index in [9.17, 15) is 14.9 Å². The maximum atomic E-state index is 13.1. The average Bonchev–Trinajstić information content (AvgIpc) is 2.57. The minimum absolute atomic E-state index is 0.0199. The van der Waals surface area contributed by atoms with Gasteiger partial charge in [0.2, 0.25) is 0 Å². The minimum Gasteiger partial charge on any atom is -0.317 e. The Morgan fingerprint density at radius 3 is 2.75 bits per heavy atom. The Hall–Kier alpha value is -2.71. The van der Waals surface area contributed by atoms with Crippen LogP contribution >= 0.6 is 15.9 Å². The van der Waals surface area contributed by atoms with Crippen LogP contribution in [0.25, 0.3) is 10.8 Å². The average molecular weight is 379 g/mol. The maximum absolute atomic E-state index is 13.1. The smallest absolute Gasteiger partial charge is 0.268 e. The fourth-order valence-corrected chi connectivity index (χ4v) is 3.97. The lowest BCUT2D eigenvalue weighted by molar-refractivity contribution is 0.103. The van der Waals surface area contributed by atoms with Crippen molar-refractivity contribution in [3.63, 3.8) is 0 Å². The number of carbonyl (C=O) groups excluding carboxylic acids is 1. The zero-order valence-corrected chi connectivity index (χ0v) is 14.3. The summed E-state index contributed by atoms with van der Waals surface area (Å²) >= 11 is 3.55. The summed E-state index contributed by atoms with van der Waals surface area (Å²) in [5, 5.41) is 10.7. The van der Waals surface area contributed by atoms with E-state index in [1.54, 1.807) is 19.3 Å². The molecule has 3 aromatic rings. The van der Waals surface area contributed by atoms with E-state index in [-0.39, 0.29) is 16.9 Å². The molecule has 0 aliphatic heterocycles. The lowest BCUT2D eigenvalue weighted by Crippen LogP contribution is -2.22. The molecule has 24 heavy (non-hydrogen) atoms. The van der Waals surface area contributed by atoms with E-state index in [1.165, 1.54) is 4.57 Å². The molecule has 0 atom stereocenters. The molecule has 1 aliphatic carbocycles. The van der Waals surface area contributed by atoms with Crippen LogP contribution in [0.3, 0.4) is 0 Å². The number of nitrogens with zero attached hydrogens (tertiary/aromatic N) is 2. The fourth-order valence-electron chi connectivity index (χ4n) is 3.38. The van der Waals surface area contributed by atoms with E-state index in [0.717, 1.165) is 15.6 Å². The second kappa shape index (κ2) is 5.15. The molecule has 0 saturated heterocycles. The molecule has 0 unspecified atom stereocenters. The van der Waals surface area contributed by atoms with E-state index in [2.05, 4.69) is 15.9 Å². The van der Waals surface area contributed by atoms with Gasteiger partial charge in [0.05, 0.1) is 0 Å². The Kier molecular flexibility index (Phi) is 3.19. The van der Waals surface area contributed by atoms with E-state index < -0.39 is 0 Å². The molecule has 0 radical (unpaired) electrons. The van der Waals surface area contributed by atoms with Crippen molar-refractivity contribution in [2.24, 2.45) is 7.05 Å². The monoisotopic (exact) mass is 378 g/mol. The van der Waals surface area contributed by atoms with Crippen molar-refractivity contribution in [1.82, 2.24) is 4.57 Å². The van der Waals surface area contributed by atoms with Crippen molar-refractivity contribution in [1.29, 1.82) is 5.26 Å². The van der Waals surface area contributed by atoms with E-state index in [1.807, 2.05) is 30.3 Å². The third-order valence-corrected chi connectivity index (χ3v) is 5.20. The Morgan fingerprint density at radius 1 is 1.25 bits per heavy atom. The summed E-state index contributed by atoms with van der Waals surface area (Å²) in [5.41, 5.74) is 2.52. The number of ketones is 1. The molecule has 0 spiro atoms. The highest BCUT2D eigenvalue weighted by Gasteiger charge is 2.29. The van der Waals surface area contributed by atoms with Crippen LogP contribution in [0.4, 0.5) is 0 Å². The number of hydrogen-bond acceptors (Lipinski definition) is 3. The molecule has 0 bridgehead atoms. The lowest BCUT2D eigenvalue weighted by Gasteiger charge is -2.22. The number of hydrogen-bond donors (Lipinski definition) is 0. The van der Waals surface area contributed by atoms with Crippen LogP contribution in [0.5, 0.6) is 0 Å². The number of aryl methyl sites for hydroxylation is 1. The number of nitriles is 1. The van der Waals surface area contributed by atoms with Crippen LogP contribution in [0.2, 0.25) is 0 Å². The number of fused-ring (bicyclic) bond motifs is 4. The summed E-state index contributed by atoms with van der Waals surface area (Å²) in [6.07, 6.45) is 2.26. The predicted octanol–water partition coefficient (Wildman–Crippen LogP) is 3.31. The van der Waals surface area contributed by atoms with Crippen LogP contribution < -0.4 is 5.56 Å². The normalized spacial score (nSPS) is 12.6. The molecule has 0 N–H and O–H groups in total. The SMILES string of the molecule is Cn1cc2cc(Br)c3c(c2c(C#N)c1=O)C(=O)c1ccccc1C3. The highest BCUT2D eigenvalue weighted by atomic mass is 79.9. The van der Waals surface area contributed by atoms with Gasteiger partial charge in [-0.1, -0.05) is 40.2 Å². The maximum Gasteiger partial charge on any atom is 0.268 e. The molecule has 0 amide bonds. The second-order valence-electron chi connectivity index (χ2n) is 5.87. The number of pyridine rings is 1. The third kappa shape index (κ3) is 1.90. The molecule has 2 aromatic carbocycles. The van der Waals surface area contributed by atoms with Gasteiger partial charge in [0.25, 0.3) is 5.56 Å². The number of aromatic nitrogens is 1. The highest BCUT2D eigenvalue weighted by Crippen LogP contribution is 2.37. The predicted molar refractivity (Wildman–Crippen MR) is 94.3 cm³/mol. The zero-order valence-electron chi connectivity index (χ0n) is 12.8. The van der Waals surface area contributed by atoms with Gasteiger partial charge in [-0.3, -0.25) is 9.59 Å². The topological polar surface area (TPSA) is 62.9 Å². The number of carbonyl (C=O) groups is 1. The van der Waals surface area contributed by atoms with Gasteiger partial charge in [0.15, 0.2) is 5.78 Å². The van der Waals surface area contributed by atoms with Crippen molar-refractivity contribution in [2.45, 2.75) is 6.42 Å². The van der Waals surface area contributed by atoms with E-state index in [4.69, 9.17) is 0 Å². The van der Waals surface area contributed by atoms with Crippen molar-refractivity contribution < 1.29 is 4.79 Å². The number of benzene rings is 2. The summed E-state index contributed by atoms with van der Waals surface area (Å²) in [6.45, 7) is 0. The lowest BCUT2D eigenvalue weighted by atomic mass is 9.82. The molecule has 4 nitrogen and oxygen atoms in total. The molecule has 1 aliphatic rings. The molecule has 0 fully saturated rings. The van der Waals surface area contributed by atoms with Gasteiger partial charge < -0.3 is 4.57 Å². The first-order valence-corrected chi connectivity index (χ1v) is 8.19. The van der Waals surface area contributed by atoms with Gasteiger partial charge in [-0.25, -0.2) is 0 Å². The van der Waals surface area contributed by atoms with Crippen LogP contribution in [-0.2, 0) is 13.5 Å². The van der Waals surface area contributed by atoms with Gasteiger partial charge >= 0.3 is 0 Å². The Balaban J connectivity index is 2.21. The van der Waals surface area contributed by atoms with E-state index in [0.29, 0.717) is 28.3 Å². The largest absolute Gasteiger partial charge is 0.317 e. The summed E-state index contributed by atoms with van der Waals surface area (Å²) in [5.74, 6) is -0.136. The number of rotatable bonds is 0. The van der Waals surface area contributed by atoms with Gasteiger partial charge in [-0.2, -0.15) is 5.26 Å². The Morgan fingerprint density at radius 2 is 2.00 bits per heavy atom. The zero-order chi connectivity index (χ0) is 17.0. The summed E-state index contributed by atoms with van der Waals surface area (Å²) < 4.78 is 2.19. The van der Waals surface area contributed by atoms with Crippen molar-refractivity contribution >= 4 is 32.5 Å². The summed E-state index contributed by atoms with van der Waals surface area (Å²) in [4.78, 5) is 25.5. The number of halogens is 1. The quantitative estimate of drug-likeness (QED) is 0.471. The summed E-state index contributed by atoms with van der Waals surface area (Å²) in [7, 11) is 1.60. The Labute approximate surface area is 146 Å². The Bertz CT molecular complexity index is 1150. The second-order valence-corrected chi connectivity index (χ2v) is 6.73. The van der Waals surface area contributed by atoms with Gasteiger partial charge in [-0.15, -0.1) is 0 Å². The molecule has 1 heterocycles. The standard InChI is InChI=1S/C19H11BrN2O2/c1-22-9-11-7-15(20)13-6-10-4-2-3-5-12(10)18(23)17(13)16(11)14(8-21)19(22)24/h2-5,7,9H,6H2,1H3.